The molecule has 2 unspecified atom stereocenters. The van der Waals surface area contributed by atoms with E-state index in [0.29, 0.717) is 0 Å². The van der Waals surface area contributed by atoms with Gasteiger partial charge in [0.25, 0.3) is 0 Å². The Morgan fingerprint density at radius 3 is 2.71 bits per heavy atom. The predicted octanol–water partition coefficient (Wildman–Crippen LogP) is 3.21. The van der Waals surface area contributed by atoms with Gasteiger partial charge in [0.05, 0.1) is 0 Å². The van der Waals surface area contributed by atoms with E-state index in [-0.39, 0.29) is 0 Å². The van der Waals surface area contributed by atoms with Crippen molar-refractivity contribution in [2.45, 2.75) is 68.4 Å². The topological polar surface area (TPSA) is 21.3 Å². The van der Waals surface area contributed by atoms with Crippen LogP contribution in [0.4, 0.5) is 0 Å². The number of nitrogens with one attached hydrogen (secondary N) is 1. The fourth-order valence-corrected chi connectivity index (χ4v) is 4.54. The molecule has 3 heteroatoms. The first-order chi connectivity index (χ1) is 8.38. The van der Waals surface area contributed by atoms with Gasteiger partial charge in [0.1, 0.15) is 0 Å². The van der Waals surface area contributed by atoms with E-state index in [1.165, 1.54) is 51.5 Å². The zero-order chi connectivity index (χ0) is 11.9. The summed E-state index contributed by atoms with van der Waals surface area (Å²) in [6.07, 6.45) is 9.44. The van der Waals surface area contributed by atoms with Crippen molar-refractivity contribution in [3.8, 4) is 0 Å². The van der Waals surface area contributed by atoms with Gasteiger partial charge in [-0.25, -0.2) is 0 Å². The second kappa shape index (κ2) is 7.65. The third-order valence-electron chi connectivity index (χ3n) is 3.86. The molecule has 1 saturated carbocycles. The molecule has 17 heavy (non-hydrogen) atoms. The standard InChI is InChI=1S/C14H27NOS/c1-2-8-15-12-4-3-5-14(11-12)17-13-6-9-16-10-7-13/h12-15H,2-11H2,1H3. The minimum Gasteiger partial charge on any atom is -0.381 e. The molecule has 0 amide bonds. The Morgan fingerprint density at radius 2 is 1.94 bits per heavy atom. The molecule has 0 radical (unpaired) electrons. The second-order valence-electron chi connectivity index (χ2n) is 5.39. The van der Waals surface area contributed by atoms with Crippen LogP contribution in [0, 0.1) is 0 Å². The number of hydrogen-bond donors (Lipinski definition) is 1. The van der Waals surface area contributed by atoms with Crippen LogP contribution in [0.1, 0.15) is 51.9 Å². The maximum absolute atomic E-state index is 5.44. The van der Waals surface area contributed by atoms with Gasteiger partial charge in [-0.15, -0.1) is 0 Å². The molecule has 0 bridgehead atoms. The van der Waals surface area contributed by atoms with Crippen molar-refractivity contribution < 1.29 is 4.74 Å². The normalized spacial score (nSPS) is 31.6. The summed E-state index contributed by atoms with van der Waals surface area (Å²) in [5.41, 5.74) is 0. The highest BCUT2D eigenvalue weighted by Gasteiger charge is 2.25. The van der Waals surface area contributed by atoms with Crippen LogP contribution < -0.4 is 5.32 Å². The summed E-state index contributed by atoms with van der Waals surface area (Å²) in [5.74, 6) is 0. The smallest absolute Gasteiger partial charge is 0.0476 e. The van der Waals surface area contributed by atoms with E-state index >= 15 is 0 Å². The molecule has 100 valence electrons. The van der Waals surface area contributed by atoms with Crippen LogP contribution in [0.2, 0.25) is 0 Å². The molecule has 1 aliphatic carbocycles. The van der Waals surface area contributed by atoms with Crippen molar-refractivity contribution >= 4 is 11.8 Å². The molecule has 2 aliphatic rings. The first-order valence-electron chi connectivity index (χ1n) is 7.35. The zero-order valence-electron chi connectivity index (χ0n) is 11.1. The van der Waals surface area contributed by atoms with Gasteiger partial charge in [0.15, 0.2) is 0 Å². The molecular formula is C14H27NOS. The van der Waals surface area contributed by atoms with Crippen molar-refractivity contribution in [1.82, 2.24) is 5.32 Å². The van der Waals surface area contributed by atoms with Gasteiger partial charge in [0.2, 0.25) is 0 Å². The fourth-order valence-electron chi connectivity index (χ4n) is 2.89. The molecule has 1 heterocycles. The Balaban J connectivity index is 1.68. The first kappa shape index (κ1) is 13.7. The highest BCUT2D eigenvalue weighted by atomic mass is 32.2. The van der Waals surface area contributed by atoms with Crippen LogP contribution in [-0.2, 0) is 4.74 Å². The largest absolute Gasteiger partial charge is 0.381 e. The van der Waals surface area contributed by atoms with Gasteiger partial charge in [-0.3, -0.25) is 0 Å². The van der Waals surface area contributed by atoms with Crippen LogP contribution in [0.25, 0.3) is 0 Å². The third-order valence-corrected chi connectivity index (χ3v) is 5.53. The van der Waals surface area contributed by atoms with E-state index < -0.39 is 0 Å². The number of hydrogen-bond acceptors (Lipinski definition) is 3. The van der Waals surface area contributed by atoms with Crippen LogP contribution in [-0.4, -0.2) is 36.3 Å². The fraction of sp³-hybridized carbons (Fsp3) is 1.00. The minimum atomic E-state index is 0.793. The lowest BCUT2D eigenvalue weighted by Crippen LogP contribution is -2.36. The highest BCUT2D eigenvalue weighted by Crippen LogP contribution is 2.34. The average molecular weight is 257 g/mol. The molecule has 0 aromatic carbocycles. The summed E-state index contributed by atoms with van der Waals surface area (Å²) in [6, 6.07) is 0.793. The molecule has 0 spiro atoms. The summed E-state index contributed by atoms with van der Waals surface area (Å²) < 4.78 is 5.44. The van der Waals surface area contributed by atoms with Gasteiger partial charge in [0, 0.05) is 29.8 Å². The molecule has 1 N–H and O–H groups in total. The molecule has 2 atom stereocenters. The highest BCUT2D eigenvalue weighted by molar-refractivity contribution is 8.00. The summed E-state index contributed by atoms with van der Waals surface area (Å²) in [4.78, 5) is 0. The lowest BCUT2D eigenvalue weighted by Gasteiger charge is -2.33. The Hall–Kier alpha value is 0.270. The Labute approximate surface area is 110 Å². The molecular weight excluding hydrogens is 230 g/mol. The van der Waals surface area contributed by atoms with E-state index in [2.05, 4.69) is 24.0 Å². The van der Waals surface area contributed by atoms with Crippen molar-refractivity contribution in [3.63, 3.8) is 0 Å². The Morgan fingerprint density at radius 1 is 1.12 bits per heavy atom. The monoisotopic (exact) mass is 257 g/mol. The van der Waals surface area contributed by atoms with E-state index in [0.717, 1.165) is 29.8 Å². The number of ether oxygens (including phenoxy) is 1. The van der Waals surface area contributed by atoms with Gasteiger partial charge in [-0.05, 0) is 45.1 Å². The second-order valence-corrected chi connectivity index (χ2v) is 6.99. The maximum atomic E-state index is 5.44. The predicted molar refractivity (Wildman–Crippen MR) is 75.8 cm³/mol. The summed E-state index contributed by atoms with van der Waals surface area (Å²) in [5, 5.41) is 5.48. The molecule has 0 aromatic heterocycles. The average Bonchev–Trinajstić information content (AvgIpc) is 2.38. The van der Waals surface area contributed by atoms with E-state index in [9.17, 15) is 0 Å². The minimum absolute atomic E-state index is 0.793. The summed E-state index contributed by atoms with van der Waals surface area (Å²) >= 11 is 2.26. The van der Waals surface area contributed by atoms with Crippen LogP contribution >= 0.6 is 11.8 Å². The van der Waals surface area contributed by atoms with Gasteiger partial charge >= 0.3 is 0 Å². The van der Waals surface area contributed by atoms with E-state index in [1.54, 1.807) is 0 Å². The zero-order valence-corrected chi connectivity index (χ0v) is 11.9. The summed E-state index contributed by atoms with van der Waals surface area (Å²) in [6.45, 7) is 5.42. The van der Waals surface area contributed by atoms with Crippen molar-refractivity contribution in [2.75, 3.05) is 19.8 Å². The van der Waals surface area contributed by atoms with E-state index in [4.69, 9.17) is 4.74 Å². The third kappa shape index (κ3) is 4.80. The first-order valence-corrected chi connectivity index (χ1v) is 8.29. The Bertz CT molecular complexity index is 206. The molecule has 2 fully saturated rings. The summed E-state index contributed by atoms with van der Waals surface area (Å²) in [7, 11) is 0. The molecule has 2 rings (SSSR count). The van der Waals surface area contributed by atoms with Crippen LogP contribution in [0.15, 0.2) is 0 Å². The van der Waals surface area contributed by atoms with Crippen LogP contribution in [0.5, 0.6) is 0 Å². The van der Waals surface area contributed by atoms with Gasteiger partial charge in [-0.2, -0.15) is 11.8 Å². The molecule has 1 saturated heterocycles. The Kier molecular flexibility index (Phi) is 6.16. The van der Waals surface area contributed by atoms with Gasteiger partial charge < -0.3 is 10.1 Å². The molecule has 0 aromatic rings. The molecule has 1 aliphatic heterocycles. The maximum Gasteiger partial charge on any atom is 0.0476 e. The van der Waals surface area contributed by atoms with Crippen molar-refractivity contribution in [1.29, 1.82) is 0 Å². The van der Waals surface area contributed by atoms with Crippen molar-refractivity contribution in [3.05, 3.63) is 0 Å². The lowest BCUT2D eigenvalue weighted by atomic mass is 9.95. The number of thioether (sulfide) groups is 1. The SMILES string of the molecule is CCCNC1CCCC(SC2CCOCC2)C1. The van der Waals surface area contributed by atoms with Gasteiger partial charge in [-0.1, -0.05) is 13.3 Å². The van der Waals surface area contributed by atoms with E-state index in [1.807, 2.05) is 0 Å². The lowest BCUT2D eigenvalue weighted by molar-refractivity contribution is 0.0998. The quantitative estimate of drug-likeness (QED) is 0.817. The van der Waals surface area contributed by atoms with Crippen molar-refractivity contribution in [2.24, 2.45) is 0 Å². The molecule has 2 nitrogen and oxygen atoms in total. The van der Waals surface area contributed by atoms with Crippen LogP contribution in [0.3, 0.4) is 0 Å². The number of rotatable bonds is 5.